The van der Waals surface area contributed by atoms with E-state index >= 15 is 0 Å². The number of benzene rings is 1. The Morgan fingerprint density at radius 1 is 1.22 bits per heavy atom. The van der Waals surface area contributed by atoms with Crippen LogP contribution in [0, 0.1) is 0 Å². The van der Waals surface area contributed by atoms with Crippen molar-refractivity contribution in [1.82, 2.24) is 5.32 Å². The van der Waals surface area contributed by atoms with E-state index < -0.39 is 0 Å². The standard InChI is InChI=1S/C15H24BrNO/c1-14(2,11-17-15(3,4)8-9-18)12-6-5-7-13(16)10-12/h5-7,10,17-18H,8-9,11H2,1-4H3. The lowest BCUT2D eigenvalue weighted by molar-refractivity contribution is 0.223. The molecular weight excluding hydrogens is 290 g/mol. The molecule has 0 aliphatic carbocycles. The second-order valence-corrected chi connectivity index (χ2v) is 7.02. The average Bonchev–Trinajstić information content (AvgIpc) is 2.27. The Bertz CT molecular complexity index is 388. The first kappa shape index (κ1) is 15.7. The Morgan fingerprint density at radius 2 is 1.89 bits per heavy atom. The van der Waals surface area contributed by atoms with Crippen LogP contribution < -0.4 is 5.32 Å². The van der Waals surface area contributed by atoms with Gasteiger partial charge in [0, 0.05) is 28.6 Å². The van der Waals surface area contributed by atoms with E-state index in [0.29, 0.717) is 0 Å². The van der Waals surface area contributed by atoms with Gasteiger partial charge < -0.3 is 10.4 Å². The molecule has 0 unspecified atom stereocenters. The number of nitrogens with one attached hydrogen (secondary N) is 1. The van der Waals surface area contributed by atoms with Crippen LogP contribution in [0.3, 0.4) is 0 Å². The van der Waals surface area contributed by atoms with Gasteiger partial charge in [-0.25, -0.2) is 0 Å². The van der Waals surface area contributed by atoms with Gasteiger partial charge in [0.15, 0.2) is 0 Å². The maximum Gasteiger partial charge on any atom is 0.0448 e. The quantitative estimate of drug-likeness (QED) is 0.842. The fourth-order valence-corrected chi connectivity index (χ4v) is 2.24. The zero-order valence-corrected chi connectivity index (χ0v) is 13.3. The second-order valence-electron chi connectivity index (χ2n) is 6.11. The minimum absolute atomic E-state index is 0.0297. The summed E-state index contributed by atoms with van der Waals surface area (Å²) in [5.41, 5.74) is 1.35. The molecule has 0 atom stereocenters. The first-order chi connectivity index (χ1) is 8.27. The Labute approximate surface area is 119 Å². The van der Waals surface area contributed by atoms with Crippen LogP contribution in [0.5, 0.6) is 0 Å². The van der Waals surface area contributed by atoms with Crippen molar-refractivity contribution in [3.8, 4) is 0 Å². The fourth-order valence-electron chi connectivity index (χ4n) is 1.84. The van der Waals surface area contributed by atoms with Crippen LogP contribution >= 0.6 is 15.9 Å². The Balaban J connectivity index is 2.70. The minimum Gasteiger partial charge on any atom is -0.396 e. The molecule has 0 bridgehead atoms. The van der Waals surface area contributed by atoms with Gasteiger partial charge in [-0.3, -0.25) is 0 Å². The van der Waals surface area contributed by atoms with Gasteiger partial charge >= 0.3 is 0 Å². The van der Waals surface area contributed by atoms with Crippen LogP contribution in [0.1, 0.15) is 39.7 Å². The lowest BCUT2D eigenvalue weighted by Crippen LogP contribution is -2.46. The second kappa shape index (κ2) is 6.18. The van der Waals surface area contributed by atoms with E-state index in [1.54, 1.807) is 0 Å². The maximum absolute atomic E-state index is 9.04. The molecule has 0 fully saturated rings. The summed E-state index contributed by atoms with van der Waals surface area (Å²) in [5, 5.41) is 12.6. The predicted molar refractivity (Wildman–Crippen MR) is 81.0 cm³/mol. The third-order valence-corrected chi connectivity index (χ3v) is 3.85. The summed E-state index contributed by atoms with van der Waals surface area (Å²) in [6.07, 6.45) is 0.765. The van der Waals surface area contributed by atoms with Gasteiger partial charge in [-0.2, -0.15) is 0 Å². The van der Waals surface area contributed by atoms with E-state index in [2.05, 4.69) is 67.1 Å². The molecule has 1 aromatic rings. The van der Waals surface area contributed by atoms with Crippen molar-refractivity contribution in [2.75, 3.05) is 13.2 Å². The number of hydrogen-bond donors (Lipinski definition) is 2. The van der Waals surface area contributed by atoms with E-state index in [-0.39, 0.29) is 17.6 Å². The number of rotatable bonds is 6. The van der Waals surface area contributed by atoms with Crippen LogP contribution in [-0.4, -0.2) is 23.8 Å². The summed E-state index contributed by atoms with van der Waals surface area (Å²) in [5.74, 6) is 0. The predicted octanol–water partition coefficient (Wildman–Crippen LogP) is 3.48. The van der Waals surface area contributed by atoms with Gasteiger partial charge in [-0.05, 0) is 38.0 Å². The highest BCUT2D eigenvalue weighted by Gasteiger charge is 2.24. The SMILES string of the molecule is CC(C)(CCO)NCC(C)(C)c1cccc(Br)c1. The molecule has 18 heavy (non-hydrogen) atoms. The topological polar surface area (TPSA) is 32.3 Å². The molecule has 0 aliphatic heterocycles. The van der Waals surface area contributed by atoms with Crippen molar-refractivity contribution in [2.45, 2.75) is 45.1 Å². The molecule has 0 heterocycles. The Hall–Kier alpha value is -0.380. The minimum atomic E-state index is -0.0297. The van der Waals surface area contributed by atoms with Crippen molar-refractivity contribution in [1.29, 1.82) is 0 Å². The zero-order chi connectivity index (χ0) is 13.8. The molecule has 2 nitrogen and oxygen atoms in total. The van der Waals surface area contributed by atoms with Crippen LogP contribution in [0.2, 0.25) is 0 Å². The van der Waals surface area contributed by atoms with Gasteiger partial charge in [0.25, 0.3) is 0 Å². The van der Waals surface area contributed by atoms with Gasteiger partial charge in [0.1, 0.15) is 0 Å². The third-order valence-electron chi connectivity index (χ3n) is 3.35. The van der Waals surface area contributed by atoms with E-state index in [4.69, 9.17) is 5.11 Å². The summed E-state index contributed by atoms with van der Waals surface area (Å²) >= 11 is 3.52. The summed E-state index contributed by atoms with van der Waals surface area (Å²) in [4.78, 5) is 0. The zero-order valence-electron chi connectivity index (χ0n) is 11.8. The molecule has 0 saturated heterocycles. The molecule has 0 aromatic heterocycles. The summed E-state index contributed by atoms with van der Waals surface area (Å²) in [6, 6.07) is 8.44. The highest BCUT2D eigenvalue weighted by molar-refractivity contribution is 9.10. The number of hydrogen-bond acceptors (Lipinski definition) is 2. The van der Waals surface area contributed by atoms with Crippen molar-refractivity contribution in [3.05, 3.63) is 34.3 Å². The Morgan fingerprint density at radius 3 is 2.44 bits per heavy atom. The van der Waals surface area contributed by atoms with Gasteiger partial charge in [-0.1, -0.05) is 41.9 Å². The highest BCUT2D eigenvalue weighted by atomic mass is 79.9. The molecular formula is C15H24BrNO. The first-order valence-electron chi connectivity index (χ1n) is 6.39. The largest absolute Gasteiger partial charge is 0.396 e. The lowest BCUT2D eigenvalue weighted by atomic mass is 9.83. The van der Waals surface area contributed by atoms with Gasteiger partial charge in [0.05, 0.1) is 0 Å². The number of halogens is 1. The first-order valence-corrected chi connectivity index (χ1v) is 7.18. The highest BCUT2D eigenvalue weighted by Crippen LogP contribution is 2.26. The molecule has 0 aliphatic rings. The molecule has 102 valence electrons. The van der Waals surface area contributed by atoms with Gasteiger partial charge in [-0.15, -0.1) is 0 Å². The van der Waals surface area contributed by atoms with Crippen LogP contribution in [0.25, 0.3) is 0 Å². The van der Waals surface area contributed by atoms with Crippen LogP contribution in [0.15, 0.2) is 28.7 Å². The fraction of sp³-hybridized carbons (Fsp3) is 0.600. The summed E-state index contributed by atoms with van der Waals surface area (Å²) in [6.45, 7) is 9.82. The summed E-state index contributed by atoms with van der Waals surface area (Å²) in [7, 11) is 0. The molecule has 2 N–H and O–H groups in total. The number of aliphatic hydroxyl groups is 1. The Kier molecular flexibility index (Phi) is 5.38. The monoisotopic (exact) mass is 313 g/mol. The van der Waals surface area contributed by atoms with Crippen molar-refractivity contribution in [2.24, 2.45) is 0 Å². The van der Waals surface area contributed by atoms with E-state index in [9.17, 15) is 0 Å². The molecule has 3 heteroatoms. The molecule has 0 spiro atoms. The van der Waals surface area contributed by atoms with E-state index in [0.717, 1.165) is 17.4 Å². The van der Waals surface area contributed by atoms with E-state index in [1.165, 1.54) is 5.56 Å². The average molecular weight is 314 g/mol. The summed E-state index contributed by atoms with van der Waals surface area (Å²) < 4.78 is 1.11. The maximum atomic E-state index is 9.04. The molecule has 0 amide bonds. The van der Waals surface area contributed by atoms with Crippen molar-refractivity contribution < 1.29 is 5.11 Å². The molecule has 1 aromatic carbocycles. The third kappa shape index (κ3) is 4.71. The van der Waals surface area contributed by atoms with E-state index in [1.807, 2.05) is 6.07 Å². The number of aliphatic hydroxyl groups excluding tert-OH is 1. The van der Waals surface area contributed by atoms with Gasteiger partial charge in [0.2, 0.25) is 0 Å². The molecule has 0 saturated carbocycles. The van der Waals surface area contributed by atoms with Crippen molar-refractivity contribution >= 4 is 15.9 Å². The van der Waals surface area contributed by atoms with Crippen LogP contribution in [-0.2, 0) is 5.41 Å². The molecule has 1 rings (SSSR count). The van der Waals surface area contributed by atoms with Crippen LogP contribution in [0.4, 0.5) is 0 Å². The lowest BCUT2D eigenvalue weighted by Gasteiger charge is -2.33. The molecule has 0 radical (unpaired) electrons. The smallest absolute Gasteiger partial charge is 0.0448 e. The normalized spacial score (nSPS) is 12.8. The van der Waals surface area contributed by atoms with Crippen molar-refractivity contribution in [3.63, 3.8) is 0 Å².